The van der Waals surface area contributed by atoms with Gasteiger partial charge in [0.25, 0.3) is 0 Å². The predicted octanol–water partition coefficient (Wildman–Crippen LogP) is 3.33. The van der Waals surface area contributed by atoms with Gasteiger partial charge < -0.3 is 10.5 Å². The predicted molar refractivity (Wildman–Crippen MR) is 72.8 cm³/mol. The Morgan fingerprint density at radius 2 is 2.35 bits per heavy atom. The zero-order chi connectivity index (χ0) is 13.0. The highest BCUT2D eigenvalue weighted by molar-refractivity contribution is 6.30. The second-order valence-electron chi connectivity index (χ2n) is 4.05. The lowest BCUT2D eigenvalue weighted by molar-refractivity contribution is 0.402. The van der Waals surface area contributed by atoms with Crippen molar-refractivity contribution in [2.75, 3.05) is 7.11 Å². The van der Waals surface area contributed by atoms with Gasteiger partial charge in [-0.2, -0.15) is 4.99 Å². The number of allylic oxidation sites excluding steroid dienone is 3. The molecule has 94 valence electrons. The van der Waals surface area contributed by atoms with Gasteiger partial charge >= 0.3 is 0 Å². The Balaban J connectivity index is 2.97. The number of hydrogen-bond acceptors (Lipinski definition) is 3. The SMILES string of the molecule is C=C/C(C)=C(N)/C(=N\C(Cl)=C1/CC1CC)OC. The van der Waals surface area contributed by atoms with Crippen LogP contribution >= 0.6 is 11.6 Å². The molecular weight excluding hydrogens is 236 g/mol. The molecule has 0 aromatic carbocycles. The van der Waals surface area contributed by atoms with Gasteiger partial charge in [0.15, 0.2) is 0 Å². The molecule has 1 saturated carbocycles. The Kier molecular flexibility index (Phi) is 4.82. The molecule has 1 fully saturated rings. The molecule has 0 bridgehead atoms. The van der Waals surface area contributed by atoms with E-state index in [1.165, 1.54) is 12.7 Å². The third kappa shape index (κ3) is 3.37. The molecule has 0 aromatic rings. The van der Waals surface area contributed by atoms with Crippen molar-refractivity contribution < 1.29 is 4.74 Å². The molecule has 0 amide bonds. The summed E-state index contributed by atoms with van der Waals surface area (Å²) in [6.45, 7) is 7.65. The molecule has 1 aliphatic carbocycles. The number of rotatable bonds is 4. The maximum absolute atomic E-state index is 6.13. The van der Waals surface area contributed by atoms with Crippen LogP contribution in [0, 0.1) is 5.92 Å². The van der Waals surface area contributed by atoms with Gasteiger partial charge in [-0.15, -0.1) is 0 Å². The minimum atomic E-state index is 0.349. The molecular formula is C13H19ClN2O. The third-order valence-corrected chi connectivity index (χ3v) is 3.24. The van der Waals surface area contributed by atoms with Gasteiger partial charge in [-0.05, 0) is 36.8 Å². The number of hydrogen-bond donors (Lipinski definition) is 1. The van der Waals surface area contributed by atoms with E-state index in [9.17, 15) is 0 Å². The van der Waals surface area contributed by atoms with E-state index in [0.29, 0.717) is 22.7 Å². The maximum atomic E-state index is 6.13. The lowest BCUT2D eigenvalue weighted by Crippen LogP contribution is -2.15. The van der Waals surface area contributed by atoms with Crippen LogP contribution in [-0.2, 0) is 4.74 Å². The first-order valence-electron chi connectivity index (χ1n) is 5.65. The summed E-state index contributed by atoms with van der Waals surface area (Å²) in [4.78, 5) is 4.23. The second kappa shape index (κ2) is 5.92. The summed E-state index contributed by atoms with van der Waals surface area (Å²) in [7, 11) is 1.53. The summed E-state index contributed by atoms with van der Waals surface area (Å²) in [5, 5.41) is 0.508. The van der Waals surface area contributed by atoms with Crippen LogP contribution in [0.25, 0.3) is 0 Å². The monoisotopic (exact) mass is 254 g/mol. The van der Waals surface area contributed by atoms with Crippen molar-refractivity contribution in [1.29, 1.82) is 0 Å². The quantitative estimate of drug-likeness (QED) is 0.362. The number of ether oxygens (including phenoxy) is 1. The van der Waals surface area contributed by atoms with Crippen molar-refractivity contribution >= 4 is 17.5 Å². The summed E-state index contributed by atoms with van der Waals surface area (Å²) < 4.78 is 5.15. The fraction of sp³-hybridized carbons (Fsp3) is 0.462. The largest absolute Gasteiger partial charge is 0.479 e. The Hall–Kier alpha value is -1.22. The summed E-state index contributed by atoms with van der Waals surface area (Å²) in [5.74, 6) is 0.928. The molecule has 1 atom stereocenters. The van der Waals surface area contributed by atoms with Crippen molar-refractivity contribution in [3.63, 3.8) is 0 Å². The number of nitrogens with two attached hydrogens (primary N) is 1. The summed E-state index contributed by atoms with van der Waals surface area (Å²) in [6, 6.07) is 0. The van der Waals surface area contributed by atoms with Crippen LogP contribution in [0.3, 0.4) is 0 Å². The average Bonchev–Trinajstić information content (AvgIpc) is 3.13. The molecule has 17 heavy (non-hydrogen) atoms. The van der Waals surface area contributed by atoms with Gasteiger partial charge in [-0.3, -0.25) is 0 Å². The van der Waals surface area contributed by atoms with Crippen LogP contribution in [0.5, 0.6) is 0 Å². The van der Waals surface area contributed by atoms with Crippen LogP contribution < -0.4 is 5.73 Å². The maximum Gasteiger partial charge on any atom is 0.238 e. The molecule has 1 unspecified atom stereocenters. The third-order valence-electron chi connectivity index (χ3n) is 2.91. The Morgan fingerprint density at radius 3 is 2.76 bits per heavy atom. The fourth-order valence-corrected chi connectivity index (χ4v) is 1.81. The summed E-state index contributed by atoms with van der Waals surface area (Å²) >= 11 is 6.13. The van der Waals surface area contributed by atoms with Crippen LogP contribution in [0.1, 0.15) is 26.7 Å². The normalized spacial score (nSPS) is 24.0. The number of methoxy groups -OCH3 is 1. The Labute approximate surface area is 108 Å². The van der Waals surface area contributed by atoms with Gasteiger partial charge in [0.2, 0.25) is 5.90 Å². The van der Waals surface area contributed by atoms with Crippen LogP contribution in [-0.4, -0.2) is 13.0 Å². The van der Waals surface area contributed by atoms with Gasteiger partial charge in [0.05, 0.1) is 12.8 Å². The first kappa shape index (κ1) is 13.8. The second-order valence-corrected chi connectivity index (χ2v) is 4.41. The topological polar surface area (TPSA) is 47.6 Å². The molecule has 0 aliphatic heterocycles. The number of halogens is 1. The highest BCUT2D eigenvalue weighted by atomic mass is 35.5. The average molecular weight is 255 g/mol. The standard InChI is InChI=1S/C13H19ClN2O/c1-5-8(3)11(15)13(17-4)16-12(14)10-7-9(10)6-2/h5,9H,1,6-7,15H2,2-4H3/b11-8-,12-10+,16-13+. The summed E-state index contributed by atoms with van der Waals surface area (Å²) in [5.41, 5.74) is 8.37. The van der Waals surface area contributed by atoms with Crippen LogP contribution in [0.2, 0.25) is 0 Å². The van der Waals surface area contributed by atoms with Crippen LogP contribution in [0.15, 0.2) is 39.6 Å². The highest BCUT2D eigenvalue weighted by Gasteiger charge is 2.31. The zero-order valence-electron chi connectivity index (χ0n) is 10.6. The van der Waals surface area contributed by atoms with Crippen molar-refractivity contribution in [3.8, 4) is 0 Å². The van der Waals surface area contributed by atoms with Gasteiger partial charge in [-0.25, -0.2) is 0 Å². The van der Waals surface area contributed by atoms with E-state index in [1.54, 1.807) is 6.08 Å². The van der Waals surface area contributed by atoms with E-state index in [4.69, 9.17) is 22.1 Å². The molecule has 2 N–H and O–H groups in total. The van der Waals surface area contributed by atoms with Gasteiger partial charge in [0.1, 0.15) is 5.16 Å². The van der Waals surface area contributed by atoms with Crippen molar-refractivity contribution in [2.45, 2.75) is 26.7 Å². The van der Waals surface area contributed by atoms with Gasteiger partial charge in [-0.1, -0.05) is 31.2 Å². The van der Waals surface area contributed by atoms with E-state index in [0.717, 1.165) is 18.4 Å². The molecule has 1 aliphatic rings. The number of nitrogens with zero attached hydrogens (tertiary/aromatic N) is 1. The molecule has 1 rings (SSSR count). The van der Waals surface area contributed by atoms with E-state index in [-0.39, 0.29) is 0 Å². The minimum absolute atomic E-state index is 0.349. The molecule has 0 radical (unpaired) electrons. The molecule has 0 aromatic heterocycles. The smallest absolute Gasteiger partial charge is 0.238 e. The van der Waals surface area contributed by atoms with E-state index in [2.05, 4.69) is 18.5 Å². The lowest BCUT2D eigenvalue weighted by Gasteiger charge is -2.06. The molecule has 3 nitrogen and oxygen atoms in total. The fourth-order valence-electron chi connectivity index (χ4n) is 1.51. The first-order chi connectivity index (χ1) is 8.04. The zero-order valence-corrected chi connectivity index (χ0v) is 11.3. The molecule has 0 heterocycles. The van der Waals surface area contributed by atoms with E-state index < -0.39 is 0 Å². The summed E-state index contributed by atoms with van der Waals surface area (Å²) in [6.07, 6.45) is 3.79. The molecule has 0 spiro atoms. The number of aliphatic imine (C=N–C) groups is 1. The first-order valence-corrected chi connectivity index (χ1v) is 6.03. The molecule has 0 saturated heterocycles. The van der Waals surface area contributed by atoms with E-state index in [1.807, 2.05) is 6.92 Å². The van der Waals surface area contributed by atoms with Crippen molar-refractivity contribution in [2.24, 2.45) is 16.6 Å². The van der Waals surface area contributed by atoms with Crippen molar-refractivity contribution in [1.82, 2.24) is 0 Å². The van der Waals surface area contributed by atoms with E-state index >= 15 is 0 Å². The molecule has 4 heteroatoms. The minimum Gasteiger partial charge on any atom is -0.479 e. The highest BCUT2D eigenvalue weighted by Crippen LogP contribution is 2.44. The Bertz CT molecular complexity index is 408. The lowest BCUT2D eigenvalue weighted by atomic mass is 10.2. The van der Waals surface area contributed by atoms with Crippen LogP contribution in [0.4, 0.5) is 0 Å². The Morgan fingerprint density at radius 1 is 1.71 bits per heavy atom. The van der Waals surface area contributed by atoms with Crippen molar-refractivity contribution in [3.05, 3.63) is 34.7 Å². The van der Waals surface area contributed by atoms with Gasteiger partial charge in [0, 0.05) is 0 Å².